The lowest BCUT2D eigenvalue weighted by molar-refractivity contribution is 0.0736. The highest BCUT2D eigenvalue weighted by atomic mass is 35.5. The van der Waals surface area contributed by atoms with Gasteiger partial charge in [0.05, 0.1) is 11.6 Å². The normalized spacial score (nSPS) is 16.7. The number of rotatable bonds is 1. The zero-order valence-corrected chi connectivity index (χ0v) is 10.7. The monoisotopic (exact) mass is 274 g/mol. The van der Waals surface area contributed by atoms with E-state index < -0.39 is 0 Å². The van der Waals surface area contributed by atoms with Crippen LogP contribution in [0.2, 0.25) is 10.2 Å². The average Bonchev–Trinajstić information content (AvgIpc) is 2.60. The molecule has 0 aromatic carbocycles. The molecule has 1 aliphatic rings. The summed E-state index contributed by atoms with van der Waals surface area (Å²) < 4.78 is 5.29. The van der Waals surface area contributed by atoms with Gasteiger partial charge in [0.25, 0.3) is 5.91 Å². The van der Waals surface area contributed by atoms with E-state index in [1.54, 1.807) is 17.0 Å². The van der Waals surface area contributed by atoms with Gasteiger partial charge in [-0.3, -0.25) is 4.79 Å². The summed E-state index contributed by atoms with van der Waals surface area (Å²) in [5.74, 6) is -0.192. The van der Waals surface area contributed by atoms with Gasteiger partial charge in [-0.05, 0) is 18.6 Å². The Labute approximate surface area is 109 Å². The second-order valence-electron chi connectivity index (χ2n) is 3.72. The third-order valence-corrected chi connectivity index (χ3v) is 3.04. The molecule has 0 saturated carbocycles. The van der Waals surface area contributed by atoms with Crippen LogP contribution >= 0.6 is 23.2 Å². The van der Waals surface area contributed by atoms with Crippen molar-refractivity contribution in [1.29, 1.82) is 0 Å². The number of amides is 1. The highest BCUT2D eigenvalue weighted by Crippen LogP contribution is 2.19. The smallest absolute Gasteiger partial charge is 0.274 e. The van der Waals surface area contributed by atoms with E-state index in [4.69, 9.17) is 27.9 Å². The minimum absolute atomic E-state index is 0.192. The van der Waals surface area contributed by atoms with Gasteiger partial charge in [0, 0.05) is 19.7 Å². The number of hydrogen-bond acceptors (Lipinski definition) is 3. The van der Waals surface area contributed by atoms with Crippen molar-refractivity contribution in [2.75, 3.05) is 26.3 Å². The minimum Gasteiger partial charge on any atom is -0.380 e. The Morgan fingerprint density at radius 3 is 2.94 bits per heavy atom. The number of pyridine rings is 1. The van der Waals surface area contributed by atoms with Crippen LogP contribution in [0.1, 0.15) is 16.9 Å². The van der Waals surface area contributed by atoms with E-state index in [0.717, 1.165) is 6.42 Å². The number of aromatic nitrogens is 1. The van der Waals surface area contributed by atoms with Crippen molar-refractivity contribution in [3.8, 4) is 0 Å². The van der Waals surface area contributed by atoms with Crippen molar-refractivity contribution in [3.63, 3.8) is 0 Å². The quantitative estimate of drug-likeness (QED) is 0.738. The molecule has 1 aromatic heterocycles. The molecule has 1 aliphatic heterocycles. The number of ether oxygens (including phenoxy) is 1. The summed E-state index contributed by atoms with van der Waals surface area (Å²) in [6.07, 6.45) is 0.823. The number of nitrogens with zero attached hydrogens (tertiary/aromatic N) is 2. The summed E-state index contributed by atoms with van der Waals surface area (Å²) >= 11 is 11.7. The van der Waals surface area contributed by atoms with Gasteiger partial charge in [0.15, 0.2) is 0 Å². The maximum Gasteiger partial charge on any atom is 0.274 e. The Bertz CT molecular complexity index is 418. The van der Waals surface area contributed by atoms with Gasteiger partial charge < -0.3 is 9.64 Å². The van der Waals surface area contributed by atoms with E-state index in [-0.39, 0.29) is 16.8 Å². The van der Waals surface area contributed by atoms with Gasteiger partial charge in [0.2, 0.25) is 0 Å². The first-order valence-corrected chi connectivity index (χ1v) is 6.13. The standard InChI is InChI=1S/C11H12Cl2N2O2/c12-8-2-3-9(13)14-10(8)11(16)15-4-1-6-17-7-5-15/h2-3H,1,4-7H2. The molecule has 2 rings (SSSR count). The van der Waals surface area contributed by atoms with Gasteiger partial charge in [-0.25, -0.2) is 4.98 Å². The van der Waals surface area contributed by atoms with Crippen LogP contribution in [-0.2, 0) is 4.74 Å². The fraction of sp³-hybridized carbons (Fsp3) is 0.455. The van der Waals surface area contributed by atoms with Crippen molar-refractivity contribution in [2.24, 2.45) is 0 Å². The van der Waals surface area contributed by atoms with Crippen molar-refractivity contribution in [2.45, 2.75) is 6.42 Å². The lowest BCUT2D eigenvalue weighted by Crippen LogP contribution is -2.34. The molecule has 0 N–H and O–H groups in total. The Kier molecular flexibility index (Phi) is 4.20. The number of halogens is 2. The van der Waals surface area contributed by atoms with E-state index in [1.807, 2.05) is 0 Å². The number of hydrogen-bond donors (Lipinski definition) is 0. The molecule has 1 amide bonds. The molecular formula is C11H12Cl2N2O2. The summed E-state index contributed by atoms with van der Waals surface area (Å²) in [4.78, 5) is 17.9. The second kappa shape index (κ2) is 5.67. The van der Waals surface area contributed by atoms with Gasteiger partial charge in [0.1, 0.15) is 10.8 Å². The zero-order chi connectivity index (χ0) is 12.3. The number of carbonyl (C=O) groups excluding carboxylic acids is 1. The first-order valence-electron chi connectivity index (χ1n) is 5.37. The molecule has 0 atom stereocenters. The molecule has 92 valence electrons. The van der Waals surface area contributed by atoms with Gasteiger partial charge in [-0.15, -0.1) is 0 Å². The zero-order valence-electron chi connectivity index (χ0n) is 9.16. The Balaban J connectivity index is 2.20. The third kappa shape index (κ3) is 3.09. The van der Waals surface area contributed by atoms with E-state index >= 15 is 0 Å². The molecular weight excluding hydrogens is 263 g/mol. The van der Waals surface area contributed by atoms with Gasteiger partial charge in [-0.1, -0.05) is 23.2 Å². The summed E-state index contributed by atoms with van der Waals surface area (Å²) in [6, 6.07) is 3.14. The summed E-state index contributed by atoms with van der Waals surface area (Å²) in [5.41, 5.74) is 0.209. The van der Waals surface area contributed by atoms with Gasteiger partial charge in [-0.2, -0.15) is 0 Å². The predicted molar refractivity (Wildman–Crippen MR) is 65.6 cm³/mol. The molecule has 0 aliphatic carbocycles. The van der Waals surface area contributed by atoms with E-state index in [9.17, 15) is 4.79 Å². The number of carbonyl (C=O) groups is 1. The van der Waals surface area contributed by atoms with Crippen LogP contribution in [-0.4, -0.2) is 42.1 Å². The van der Waals surface area contributed by atoms with Crippen LogP contribution in [0.15, 0.2) is 12.1 Å². The van der Waals surface area contributed by atoms with Crippen molar-refractivity contribution in [3.05, 3.63) is 28.0 Å². The minimum atomic E-state index is -0.192. The molecule has 0 bridgehead atoms. The Hall–Kier alpha value is -0.840. The first-order chi connectivity index (χ1) is 8.18. The van der Waals surface area contributed by atoms with Crippen molar-refractivity contribution < 1.29 is 9.53 Å². The van der Waals surface area contributed by atoms with E-state index in [2.05, 4.69) is 4.98 Å². The van der Waals surface area contributed by atoms with Crippen LogP contribution in [0.5, 0.6) is 0 Å². The van der Waals surface area contributed by atoms with Crippen LogP contribution in [0, 0.1) is 0 Å². The topological polar surface area (TPSA) is 42.4 Å². The lowest BCUT2D eigenvalue weighted by atomic mass is 10.3. The van der Waals surface area contributed by atoms with Crippen molar-refractivity contribution in [1.82, 2.24) is 9.88 Å². The molecule has 1 fully saturated rings. The van der Waals surface area contributed by atoms with Crippen LogP contribution in [0.3, 0.4) is 0 Å². The Morgan fingerprint density at radius 2 is 2.12 bits per heavy atom. The molecule has 1 saturated heterocycles. The molecule has 1 aromatic rings. The maximum atomic E-state index is 12.2. The van der Waals surface area contributed by atoms with Crippen LogP contribution < -0.4 is 0 Å². The maximum absolute atomic E-state index is 12.2. The summed E-state index contributed by atoms with van der Waals surface area (Å²) in [5, 5.41) is 0.591. The van der Waals surface area contributed by atoms with Crippen molar-refractivity contribution >= 4 is 29.1 Å². The van der Waals surface area contributed by atoms with E-state index in [1.165, 1.54) is 0 Å². The SMILES string of the molecule is O=C(c1nc(Cl)ccc1Cl)N1CCCOCC1. The molecule has 0 unspecified atom stereocenters. The lowest BCUT2D eigenvalue weighted by Gasteiger charge is -2.19. The molecule has 4 nitrogen and oxygen atoms in total. The highest BCUT2D eigenvalue weighted by molar-refractivity contribution is 6.34. The van der Waals surface area contributed by atoms with Crippen LogP contribution in [0.25, 0.3) is 0 Å². The fourth-order valence-corrected chi connectivity index (χ4v) is 2.00. The largest absolute Gasteiger partial charge is 0.380 e. The van der Waals surface area contributed by atoms with E-state index in [0.29, 0.717) is 31.3 Å². The molecule has 17 heavy (non-hydrogen) atoms. The summed E-state index contributed by atoms with van der Waals surface area (Å²) in [6.45, 7) is 2.44. The molecule has 6 heteroatoms. The molecule has 0 spiro atoms. The molecule has 2 heterocycles. The summed E-state index contributed by atoms with van der Waals surface area (Å²) in [7, 11) is 0. The average molecular weight is 275 g/mol. The highest BCUT2D eigenvalue weighted by Gasteiger charge is 2.21. The second-order valence-corrected chi connectivity index (χ2v) is 4.52. The first kappa shape index (κ1) is 12.6. The Morgan fingerprint density at radius 1 is 1.29 bits per heavy atom. The third-order valence-electron chi connectivity index (χ3n) is 2.52. The molecule has 0 radical (unpaired) electrons. The fourth-order valence-electron chi connectivity index (χ4n) is 1.67. The van der Waals surface area contributed by atoms with Gasteiger partial charge >= 0.3 is 0 Å². The van der Waals surface area contributed by atoms with Crippen LogP contribution in [0.4, 0.5) is 0 Å². The predicted octanol–water partition coefficient (Wildman–Crippen LogP) is 2.25.